The van der Waals surface area contributed by atoms with Gasteiger partial charge in [0.2, 0.25) is 5.95 Å². The Morgan fingerprint density at radius 3 is 2.80 bits per heavy atom. The zero-order valence-corrected chi connectivity index (χ0v) is 11.8. The Balaban J connectivity index is 2.13. The highest BCUT2D eigenvalue weighted by Gasteiger charge is 2.20. The monoisotopic (exact) mass is 273 g/mol. The quantitative estimate of drug-likeness (QED) is 0.931. The first-order valence-electron chi connectivity index (χ1n) is 6.92. The lowest BCUT2D eigenvalue weighted by Crippen LogP contribution is -2.14. The van der Waals surface area contributed by atoms with E-state index in [2.05, 4.69) is 21.4 Å². The van der Waals surface area contributed by atoms with Crippen LogP contribution in [0.2, 0.25) is 0 Å². The molecule has 3 rings (SSSR count). The van der Waals surface area contributed by atoms with Gasteiger partial charge in [0.1, 0.15) is 11.3 Å². The van der Waals surface area contributed by atoms with Crippen LogP contribution in [-0.4, -0.2) is 37.3 Å². The fourth-order valence-corrected chi connectivity index (χ4v) is 2.76. The number of ether oxygens (including phenoxy) is 2. The van der Waals surface area contributed by atoms with Gasteiger partial charge in [0.05, 0.1) is 7.11 Å². The van der Waals surface area contributed by atoms with E-state index in [1.807, 2.05) is 19.3 Å². The minimum atomic E-state index is 0.515. The number of aromatic nitrogens is 2. The molecular weight excluding hydrogens is 254 g/mol. The maximum Gasteiger partial charge on any atom is 0.223 e. The molecule has 0 radical (unpaired) electrons. The molecule has 20 heavy (non-hydrogen) atoms. The topological polar surface area (TPSA) is 56.3 Å². The maximum atomic E-state index is 5.45. The van der Waals surface area contributed by atoms with Crippen LogP contribution in [0.1, 0.15) is 24.3 Å². The summed E-state index contributed by atoms with van der Waals surface area (Å²) in [7, 11) is 3.49. The lowest BCUT2D eigenvalue weighted by molar-refractivity contribution is 0.0856. The summed E-state index contributed by atoms with van der Waals surface area (Å²) in [6, 6.07) is 4.14. The molecule has 106 valence electrons. The highest BCUT2D eigenvalue weighted by atomic mass is 16.5. The summed E-state index contributed by atoms with van der Waals surface area (Å²) in [5.41, 5.74) is 2.17. The van der Waals surface area contributed by atoms with E-state index in [0.717, 1.165) is 42.7 Å². The highest BCUT2D eigenvalue weighted by molar-refractivity contribution is 5.88. The predicted octanol–water partition coefficient (Wildman–Crippen LogP) is 2.57. The van der Waals surface area contributed by atoms with E-state index in [1.165, 1.54) is 5.56 Å². The number of fused-ring (bicyclic) bond motifs is 1. The third kappa shape index (κ3) is 2.29. The van der Waals surface area contributed by atoms with Crippen LogP contribution in [0.15, 0.2) is 18.3 Å². The van der Waals surface area contributed by atoms with Crippen molar-refractivity contribution in [1.29, 1.82) is 0 Å². The van der Waals surface area contributed by atoms with Crippen molar-refractivity contribution in [3.05, 3.63) is 23.9 Å². The Labute approximate surface area is 118 Å². The molecule has 0 unspecified atom stereocenters. The van der Waals surface area contributed by atoms with Crippen LogP contribution >= 0.6 is 0 Å². The molecule has 0 spiro atoms. The Hall–Kier alpha value is -1.88. The number of rotatable bonds is 3. The standard InChI is InChI=1S/C15H19N3O2/c1-16-15-17-9-12-11(10-5-7-20-8-6-10)3-4-13(19-2)14(12)18-15/h3-4,9-10H,5-8H2,1-2H3,(H,16,17,18). The van der Waals surface area contributed by atoms with Gasteiger partial charge in [-0.05, 0) is 30.4 Å². The van der Waals surface area contributed by atoms with E-state index in [0.29, 0.717) is 11.9 Å². The van der Waals surface area contributed by atoms with E-state index in [9.17, 15) is 0 Å². The highest BCUT2D eigenvalue weighted by Crippen LogP contribution is 2.35. The van der Waals surface area contributed by atoms with Crippen molar-refractivity contribution >= 4 is 16.9 Å². The smallest absolute Gasteiger partial charge is 0.223 e. The van der Waals surface area contributed by atoms with E-state index < -0.39 is 0 Å². The summed E-state index contributed by atoms with van der Waals surface area (Å²) in [6.07, 6.45) is 3.99. The summed E-state index contributed by atoms with van der Waals surface area (Å²) in [5.74, 6) is 1.91. The Morgan fingerprint density at radius 1 is 1.30 bits per heavy atom. The van der Waals surface area contributed by atoms with Crippen LogP contribution in [0.3, 0.4) is 0 Å². The van der Waals surface area contributed by atoms with Crippen molar-refractivity contribution in [2.45, 2.75) is 18.8 Å². The SMILES string of the molecule is CNc1ncc2c(C3CCOCC3)ccc(OC)c2n1. The largest absolute Gasteiger partial charge is 0.494 e. The molecule has 0 bridgehead atoms. The van der Waals surface area contributed by atoms with Crippen LogP contribution in [0, 0.1) is 0 Å². The summed E-state index contributed by atoms with van der Waals surface area (Å²) < 4.78 is 10.9. The van der Waals surface area contributed by atoms with Crippen LogP contribution in [0.5, 0.6) is 5.75 Å². The molecule has 1 aliphatic heterocycles. The van der Waals surface area contributed by atoms with Crippen molar-refractivity contribution < 1.29 is 9.47 Å². The molecule has 1 aliphatic rings. The average molecular weight is 273 g/mol. The molecule has 2 heterocycles. The van der Waals surface area contributed by atoms with Gasteiger partial charge in [-0.2, -0.15) is 0 Å². The molecule has 0 amide bonds. The van der Waals surface area contributed by atoms with Crippen molar-refractivity contribution in [2.75, 3.05) is 32.7 Å². The molecule has 0 saturated carbocycles. The number of benzene rings is 1. The first-order valence-corrected chi connectivity index (χ1v) is 6.92. The number of hydrogen-bond acceptors (Lipinski definition) is 5. The first-order chi connectivity index (χ1) is 9.83. The summed E-state index contributed by atoms with van der Waals surface area (Å²) in [5, 5.41) is 4.05. The number of methoxy groups -OCH3 is 1. The normalized spacial score (nSPS) is 16.3. The van der Waals surface area contributed by atoms with Gasteiger partial charge in [-0.15, -0.1) is 0 Å². The van der Waals surface area contributed by atoms with Crippen molar-refractivity contribution in [2.24, 2.45) is 0 Å². The van der Waals surface area contributed by atoms with Gasteiger partial charge in [0.25, 0.3) is 0 Å². The Morgan fingerprint density at radius 2 is 2.10 bits per heavy atom. The van der Waals surface area contributed by atoms with Crippen molar-refractivity contribution in [3.63, 3.8) is 0 Å². The van der Waals surface area contributed by atoms with E-state index in [4.69, 9.17) is 9.47 Å². The first kappa shape index (κ1) is 13.1. The van der Waals surface area contributed by atoms with Crippen LogP contribution in [0.25, 0.3) is 10.9 Å². The Bertz CT molecular complexity index is 609. The van der Waals surface area contributed by atoms with E-state index in [1.54, 1.807) is 7.11 Å². The summed E-state index contributed by atoms with van der Waals surface area (Å²) in [4.78, 5) is 8.89. The van der Waals surface area contributed by atoms with E-state index in [-0.39, 0.29) is 0 Å². The minimum absolute atomic E-state index is 0.515. The second kappa shape index (κ2) is 5.63. The van der Waals surface area contributed by atoms with Crippen LogP contribution in [-0.2, 0) is 4.74 Å². The van der Waals surface area contributed by atoms with Gasteiger partial charge in [0.15, 0.2) is 0 Å². The van der Waals surface area contributed by atoms with Gasteiger partial charge < -0.3 is 14.8 Å². The summed E-state index contributed by atoms with van der Waals surface area (Å²) in [6.45, 7) is 1.65. The molecule has 1 aromatic heterocycles. The second-order valence-electron chi connectivity index (χ2n) is 4.95. The van der Waals surface area contributed by atoms with Crippen molar-refractivity contribution in [1.82, 2.24) is 9.97 Å². The number of nitrogens with zero attached hydrogens (tertiary/aromatic N) is 2. The number of hydrogen-bond donors (Lipinski definition) is 1. The fourth-order valence-electron chi connectivity index (χ4n) is 2.76. The van der Waals surface area contributed by atoms with Gasteiger partial charge in [0, 0.05) is 31.8 Å². The fraction of sp³-hybridized carbons (Fsp3) is 0.467. The van der Waals surface area contributed by atoms with Gasteiger partial charge >= 0.3 is 0 Å². The molecule has 1 saturated heterocycles. The molecule has 5 nitrogen and oxygen atoms in total. The van der Waals surface area contributed by atoms with Crippen LogP contribution < -0.4 is 10.1 Å². The minimum Gasteiger partial charge on any atom is -0.494 e. The van der Waals surface area contributed by atoms with Gasteiger partial charge in [-0.25, -0.2) is 9.97 Å². The molecule has 5 heteroatoms. The van der Waals surface area contributed by atoms with Crippen LogP contribution in [0.4, 0.5) is 5.95 Å². The zero-order valence-electron chi connectivity index (χ0n) is 11.8. The molecule has 2 aromatic rings. The molecule has 1 N–H and O–H groups in total. The number of anilines is 1. The lowest BCUT2D eigenvalue weighted by Gasteiger charge is -2.24. The van der Waals surface area contributed by atoms with Gasteiger partial charge in [-0.1, -0.05) is 6.07 Å². The average Bonchev–Trinajstić information content (AvgIpc) is 2.54. The lowest BCUT2D eigenvalue weighted by atomic mass is 9.89. The molecule has 1 aromatic carbocycles. The molecule has 0 atom stereocenters. The van der Waals surface area contributed by atoms with E-state index >= 15 is 0 Å². The third-order valence-electron chi connectivity index (χ3n) is 3.85. The Kier molecular flexibility index (Phi) is 3.69. The van der Waals surface area contributed by atoms with Gasteiger partial charge in [-0.3, -0.25) is 0 Å². The predicted molar refractivity (Wildman–Crippen MR) is 78.4 cm³/mol. The number of nitrogens with one attached hydrogen (secondary N) is 1. The summed E-state index contributed by atoms with van der Waals surface area (Å²) >= 11 is 0. The molecule has 0 aliphatic carbocycles. The second-order valence-corrected chi connectivity index (χ2v) is 4.95. The maximum absolute atomic E-state index is 5.45. The molecule has 1 fully saturated rings. The molecular formula is C15H19N3O2. The van der Waals surface area contributed by atoms with Crippen molar-refractivity contribution in [3.8, 4) is 5.75 Å². The zero-order chi connectivity index (χ0) is 13.9. The third-order valence-corrected chi connectivity index (χ3v) is 3.85.